The van der Waals surface area contributed by atoms with E-state index in [1.165, 1.54) is 16.9 Å². The Bertz CT molecular complexity index is 661. The minimum Gasteiger partial charge on any atom is -0.351 e. The fourth-order valence-corrected chi connectivity index (χ4v) is 4.05. The van der Waals surface area contributed by atoms with E-state index < -0.39 is 0 Å². The summed E-state index contributed by atoms with van der Waals surface area (Å²) >= 11 is 1.66. The summed E-state index contributed by atoms with van der Waals surface area (Å²) in [5.74, 6) is 1.69. The van der Waals surface area contributed by atoms with Gasteiger partial charge in [0.25, 0.3) is 5.91 Å². The molecule has 6 heteroatoms. The highest BCUT2D eigenvalue weighted by atomic mass is 32.1. The zero-order valence-corrected chi connectivity index (χ0v) is 13.9. The van der Waals surface area contributed by atoms with E-state index in [9.17, 15) is 4.79 Å². The van der Waals surface area contributed by atoms with Crippen molar-refractivity contribution in [2.45, 2.75) is 46.1 Å². The van der Waals surface area contributed by atoms with Crippen LogP contribution < -0.4 is 5.32 Å². The number of carbonyl (C=O) groups is 1. The molecule has 22 heavy (non-hydrogen) atoms. The predicted octanol–water partition coefficient (Wildman–Crippen LogP) is 2.46. The molecule has 0 radical (unpaired) electrons. The zero-order chi connectivity index (χ0) is 15.5. The van der Waals surface area contributed by atoms with Crippen LogP contribution in [0.3, 0.4) is 0 Å². The number of fused-ring (bicyclic) bond motifs is 1. The molecule has 0 aromatic carbocycles. The fourth-order valence-electron chi connectivity index (χ4n) is 2.93. The molecule has 1 amide bonds. The number of nitrogens with zero attached hydrogens (tertiary/aromatic N) is 3. The summed E-state index contributed by atoms with van der Waals surface area (Å²) in [5.41, 5.74) is 1.37. The number of nitrogens with one attached hydrogen (secondary N) is 1. The average Bonchev–Trinajstić information content (AvgIpc) is 3.12. The van der Waals surface area contributed by atoms with Gasteiger partial charge >= 0.3 is 0 Å². The van der Waals surface area contributed by atoms with E-state index in [2.05, 4.69) is 35.4 Å². The van der Waals surface area contributed by atoms with Crippen LogP contribution in [0, 0.1) is 5.92 Å². The molecule has 1 aliphatic carbocycles. The summed E-state index contributed by atoms with van der Waals surface area (Å²) in [7, 11) is 0. The van der Waals surface area contributed by atoms with Crippen molar-refractivity contribution in [1.29, 1.82) is 0 Å². The smallest absolute Gasteiger partial charge is 0.261 e. The molecule has 3 rings (SSSR count). The first-order valence-corrected chi connectivity index (χ1v) is 8.75. The molecule has 118 valence electrons. The molecule has 0 saturated heterocycles. The van der Waals surface area contributed by atoms with Crippen molar-refractivity contribution < 1.29 is 4.79 Å². The quantitative estimate of drug-likeness (QED) is 0.921. The lowest BCUT2D eigenvalue weighted by Crippen LogP contribution is -2.25. The van der Waals surface area contributed by atoms with Crippen LogP contribution in [0.25, 0.3) is 0 Å². The number of thiophene rings is 1. The van der Waals surface area contributed by atoms with Gasteiger partial charge < -0.3 is 9.88 Å². The third-order valence-corrected chi connectivity index (χ3v) is 5.46. The van der Waals surface area contributed by atoms with Gasteiger partial charge in [-0.3, -0.25) is 4.79 Å². The Morgan fingerprint density at radius 2 is 2.41 bits per heavy atom. The predicted molar refractivity (Wildman–Crippen MR) is 87.2 cm³/mol. The maximum absolute atomic E-state index is 12.3. The van der Waals surface area contributed by atoms with Gasteiger partial charge in [-0.2, -0.15) is 0 Å². The van der Waals surface area contributed by atoms with E-state index in [4.69, 9.17) is 0 Å². The first-order chi connectivity index (χ1) is 10.7. The second kappa shape index (κ2) is 6.60. The molecule has 0 spiro atoms. The molecule has 0 bridgehead atoms. The van der Waals surface area contributed by atoms with Crippen molar-refractivity contribution in [3.63, 3.8) is 0 Å². The summed E-state index contributed by atoms with van der Waals surface area (Å²) < 4.78 is 2.00. The second-order valence-electron chi connectivity index (χ2n) is 5.95. The Labute approximate surface area is 134 Å². The van der Waals surface area contributed by atoms with E-state index in [1.54, 1.807) is 17.7 Å². The lowest BCUT2D eigenvalue weighted by Gasteiger charge is -2.16. The van der Waals surface area contributed by atoms with Gasteiger partial charge in [-0.15, -0.1) is 21.5 Å². The number of hydrogen-bond donors (Lipinski definition) is 1. The van der Waals surface area contributed by atoms with E-state index >= 15 is 0 Å². The highest BCUT2D eigenvalue weighted by Gasteiger charge is 2.20. The molecule has 2 aromatic heterocycles. The van der Waals surface area contributed by atoms with Crippen LogP contribution in [0.4, 0.5) is 0 Å². The van der Waals surface area contributed by atoms with Crippen molar-refractivity contribution >= 4 is 17.2 Å². The lowest BCUT2D eigenvalue weighted by molar-refractivity contribution is 0.0958. The Morgan fingerprint density at radius 3 is 3.23 bits per heavy atom. The van der Waals surface area contributed by atoms with Crippen LogP contribution in [-0.2, 0) is 25.8 Å². The van der Waals surface area contributed by atoms with E-state index in [-0.39, 0.29) is 5.91 Å². The topological polar surface area (TPSA) is 59.8 Å². The van der Waals surface area contributed by atoms with Crippen LogP contribution in [0.1, 0.15) is 46.2 Å². The number of amides is 1. The molecule has 0 unspecified atom stereocenters. The highest BCUT2D eigenvalue weighted by Crippen LogP contribution is 2.32. The summed E-state index contributed by atoms with van der Waals surface area (Å²) in [6, 6.07) is 2.08. The number of aromatic nitrogens is 3. The van der Waals surface area contributed by atoms with Gasteiger partial charge in [-0.1, -0.05) is 6.92 Å². The number of aryl methyl sites for hydroxylation is 2. The third kappa shape index (κ3) is 3.21. The summed E-state index contributed by atoms with van der Waals surface area (Å²) in [6.07, 6.45) is 5.90. The zero-order valence-electron chi connectivity index (χ0n) is 13.1. The minimum absolute atomic E-state index is 0.0367. The normalized spacial score (nSPS) is 17.3. The van der Waals surface area contributed by atoms with Crippen molar-refractivity contribution in [2.24, 2.45) is 5.92 Å². The van der Waals surface area contributed by atoms with Crippen LogP contribution in [0.15, 0.2) is 12.4 Å². The molecular formula is C16H22N4OS. The maximum Gasteiger partial charge on any atom is 0.261 e. The fraction of sp³-hybridized carbons (Fsp3) is 0.562. The molecule has 1 aliphatic rings. The summed E-state index contributed by atoms with van der Waals surface area (Å²) in [4.78, 5) is 14.5. The average molecular weight is 318 g/mol. The Kier molecular flexibility index (Phi) is 4.57. The Morgan fingerprint density at radius 1 is 1.55 bits per heavy atom. The van der Waals surface area contributed by atoms with Gasteiger partial charge in [0.15, 0.2) is 0 Å². The number of rotatable bonds is 5. The first-order valence-electron chi connectivity index (χ1n) is 7.93. The molecule has 0 saturated carbocycles. The molecule has 2 aromatic rings. The molecule has 0 aliphatic heterocycles. The van der Waals surface area contributed by atoms with Gasteiger partial charge in [0.2, 0.25) is 0 Å². The van der Waals surface area contributed by atoms with Crippen LogP contribution in [0.2, 0.25) is 0 Å². The van der Waals surface area contributed by atoms with Crippen LogP contribution in [-0.4, -0.2) is 27.2 Å². The number of carbonyl (C=O) groups excluding carboxylic acids is 1. The number of hydrogen-bond acceptors (Lipinski definition) is 4. The molecule has 1 atom stereocenters. The maximum atomic E-state index is 12.3. The van der Waals surface area contributed by atoms with Gasteiger partial charge in [0, 0.05) is 24.4 Å². The van der Waals surface area contributed by atoms with Crippen LogP contribution in [0.5, 0.6) is 0 Å². The lowest BCUT2D eigenvalue weighted by atomic mass is 9.90. The van der Waals surface area contributed by atoms with E-state index in [0.717, 1.165) is 36.0 Å². The standard InChI is InChI=1S/C16H22N4OS/c1-3-20-10-18-19-15(20)6-7-17-16(21)14-9-12-8-11(2)4-5-13(12)22-14/h9-11H,3-8H2,1-2H3,(H,17,21)/t11-/m1/s1. The molecule has 1 N–H and O–H groups in total. The van der Waals surface area contributed by atoms with Crippen molar-refractivity contribution in [3.05, 3.63) is 33.5 Å². The van der Waals surface area contributed by atoms with Gasteiger partial charge in [0.1, 0.15) is 12.2 Å². The van der Waals surface area contributed by atoms with Gasteiger partial charge in [-0.05, 0) is 43.7 Å². The van der Waals surface area contributed by atoms with Crippen molar-refractivity contribution in [1.82, 2.24) is 20.1 Å². The first kappa shape index (κ1) is 15.2. The van der Waals surface area contributed by atoms with Crippen LogP contribution >= 0.6 is 11.3 Å². The van der Waals surface area contributed by atoms with Crippen molar-refractivity contribution in [3.8, 4) is 0 Å². The Balaban J connectivity index is 1.56. The van der Waals surface area contributed by atoms with Crippen molar-refractivity contribution in [2.75, 3.05) is 6.54 Å². The minimum atomic E-state index is 0.0367. The highest BCUT2D eigenvalue weighted by molar-refractivity contribution is 7.14. The monoisotopic (exact) mass is 318 g/mol. The Hall–Kier alpha value is -1.69. The summed E-state index contributed by atoms with van der Waals surface area (Å²) in [5, 5.41) is 11.0. The molecular weight excluding hydrogens is 296 g/mol. The van der Waals surface area contributed by atoms with Gasteiger partial charge in [-0.25, -0.2) is 0 Å². The largest absolute Gasteiger partial charge is 0.351 e. The van der Waals surface area contributed by atoms with E-state index in [0.29, 0.717) is 13.0 Å². The van der Waals surface area contributed by atoms with E-state index in [1.807, 2.05) is 4.57 Å². The SMILES string of the molecule is CCn1cnnc1CCNC(=O)c1cc2c(s1)CC[C@@H](C)C2. The molecule has 2 heterocycles. The second-order valence-corrected chi connectivity index (χ2v) is 7.08. The summed E-state index contributed by atoms with van der Waals surface area (Å²) in [6.45, 7) is 5.79. The molecule has 5 nitrogen and oxygen atoms in total. The molecule has 0 fully saturated rings. The third-order valence-electron chi connectivity index (χ3n) is 4.22. The van der Waals surface area contributed by atoms with Gasteiger partial charge in [0.05, 0.1) is 4.88 Å².